The zero-order valence-electron chi connectivity index (χ0n) is 11.6. The average Bonchev–Trinajstić information content (AvgIpc) is 2.84. The number of aryl methyl sites for hydroxylation is 1. The number of carboxylic acid groups (broad SMARTS) is 1. The highest BCUT2D eigenvalue weighted by Crippen LogP contribution is 2.11. The van der Waals surface area contributed by atoms with Gasteiger partial charge in [-0.1, -0.05) is 29.8 Å². The van der Waals surface area contributed by atoms with Crippen LogP contribution in [0.3, 0.4) is 0 Å². The minimum atomic E-state index is -1.17. The van der Waals surface area contributed by atoms with Crippen LogP contribution in [0.4, 0.5) is 0 Å². The number of hydrogen-bond acceptors (Lipinski definition) is 5. The molecule has 6 heteroatoms. The lowest BCUT2D eigenvalue weighted by molar-refractivity contribution is -0.304. The third-order valence-corrected chi connectivity index (χ3v) is 3.74. The van der Waals surface area contributed by atoms with Crippen LogP contribution < -0.4 is 10.4 Å². The van der Waals surface area contributed by atoms with E-state index in [4.69, 9.17) is 0 Å². The molecule has 2 aromatic rings. The highest BCUT2D eigenvalue weighted by molar-refractivity contribution is 7.09. The maximum Gasteiger partial charge on any atom is 0.227 e. The van der Waals surface area contributed by atoms with Crippen molar-refractivity contribution in [1.82, 2.24) is 10.3 Å². The van der Waals surface area contributed by atoms with Crippen LogP contribution in [0, 0.1) is 6.92 Å². The molecule has 0 saturated heterocycles. The molecule has 1 heterocycles. The molecular formula is C15H15N2O3S-. The van der Waals surface area contributed by atoms with E-state index >= 15 is 0 Å². The number of aromatic nitrogens is 1. The fourth-order valence-electron chi connectivity index (χ4n) is 1.77. The molecule has 0 unspecified atom stereocenters. The first kappa shape index (κ1) is 15.2. The number of amides is 1. The molecule has 1 amide bonds. The fraction of sp³-hybridized carbons (Fsp3) is 0.267. The van der Waals surface area contributed by atoms with E-state index < -0.39 is 5.97 Å². The zero-order chi connectivity index (χ0) is 15.2. The van der Waals surface area contributed by atoms with E-state index in [1.54, 1.807) is 5.38 Å². The lowest BCUT2D eigenvalue weighted by Gasteiger charge is -2.04. The Morgan fingerprint density at radius 1 is 1.24 bits per heavy atom. The van der Waals surface area contributed by atoms with Gasteiger partial charge in [0.25, 0.3) is 0 Å². The van der Waals surface area contributed by atoms with Gasteiger partial charge in [0.05, 0.1) is 12.1 Å². The van der Waals surface area contributed by atoms with Crippen molar-refractivity contribution in [3.05, 3.63) is 51.5 Å². The predicted octanol–water partition coefficient (Wildman–Crippen LogP) is 0.603. The standard InChI is InChI=1S/C15H16N2O3S/c1-10-2-4-11(5-3-10)8-16-13(18)7-14-17-12(9-21-14)6-15(19)20/h2-5,9H,6-8H2,1H3,(H,16,18)(H,19,20)/p-1. The zero-order valence-corrected chi connectivity index (χ0v) is 12.4. The van der Waals surface area contributed by atoms with E-state index in [1.165, 1.54) is 16.9 Å². The molecule has 0 aliphatic heterocycles. The number of nitrogens with one attached hydrogen (secondary N) is 1. The normalized spacial score (nSPS) is 10.3. The number of aliphatic carboxylic acids is 1. The van der Waals surface area contributed by atoms with Crippen molar-refractivity contribution < 1.29 is 14.7 Å². The minimum Gasteiger partial charge on any atom is -0.550 e. The lowest BCUT2D eigenvalue weighted by Crippen LogP contribution is -2.25. The number of carboxylic acids is 1. The van der Waals surface area contributed by atoms with Gasteiger partial charge in [-0.3, -0.25) is 4.79 Å². The van der Waals surface area contributed by atoms with Gasteiger partial charge < -0.3 is 15.2 Å². The summed E-state index contributed by atoms with van der Waals surface area (Å²) < 4.78 is 0. The monoisotopic (exact) mass is 303 g/mol. The predicted molar refractivity (Wildman–Crippen MR) is 77.6 cm³/mol. The fourth-order valence-corrected chi connectivity index (χ4v) is 2.56. The van der Waals surface area contributed by atoms with Crippen molar-refractivity contribution in [1.29, 1.82) is 0 Å². The van der Waals surface area contributed by atoms with Crippen LogP contribution in [0.5, 0.6) is 0 Å². The van der Waals surface area contributed by atoms with Gasteiger partial charge in [-0.05, 0) is 12.5 Å². The summed E-state index contributed by atoms with van der Waals surface area (Å²) in [6, 6.07) is 7.93. The Kier molecular flexibility index (Phi) is 5.05. The molecule has 0 spiro atoms. The number of benzene rings is 1. The largest absolute Gasteiger partial charge is 0.550 e. The molecule has 0 radical (unpaired) electrons. The van der Waals surface area contributed by atoms with E-state index in [0.717, 1.165) is 5.56 Å². The Balaban J connectivity index is 1.82. The van der Waals surface area contributed by atoms with Crippen molar-refractivity contribution in [2.45, 2.75) is 26.3 Å². The molecule has 5 nitrogen and oxygen atoms in total. The second-order valence-corrected chi connectivity index (χ2v) is 5.66. The summed E-state index contributed by atoms with van der Waals surface area (Å²) in [6.07, 6.45) is -0.0644. The summed E-state index contributed by atoms with van der Waals surface area (Å²) in [5.74, 6) is -1.31. The molecular weight excluding hydrogens is 288 g/mol. The van der Waals surface area contributed by atoms with Crippen LogP contribution in [0.2, 0.25) is 0 Å². The molecule has 110 valence electrons. The van der Waals surface area contributed by atoms with E-state index in [2.05, 4.69) is 10.3 Å². The summed E-state index contributed by atoms with van der Waals surface area (Å²) in [4.78, 5) is 26.4. The van der Waals surface area contributed by atoms with E-state index in [0.29, 0.717) is 17.2 Å². The lowest BCUT2D eigenvalue weighted by atomic mass is 10.1. The smallest absolute Gasteiger partial charge is 0.227 e. The third-order valence-electron chi connectivity index (χ3n) is 2.85. The maximum absolute atomic E-state index is 11.8. The van der Waals surface area contributed by atoms with Crippen LogP contribution in [0.15, 0.2) is 29.6 Å². The summed E-state index contributed by atoms with van der Waals surface area (Å²) in [7, 11) is 0. The molecule has 0 aliphatic carbocycles. The molecule has 0 bridgehead atoms. The van der Waals surface area contributed by atoms with Crippen molar-refractivity contribution in [3.63, 3.8) is 0 Å². The molecule has 21 heavy (non-hydrogen) atoms. The van der Waals surface area contributed by atoms with Gasteiger partial charge in [0.15, 0.2) is 0 Å². The molecule has 1 aromatic carbocycles. The van der Waals surface area contributed by atoms with Crippen molar-refractivity contribution in [2.75, 3.05) is 0 Å². The molecule has 0 fully saturated rings. The summed E-state index contributed by atoms with van der Waals surface area (Å²) >= 11 is 1.28. The van der Waals surface area contributed by atoms with E-state index in [-0.39, 0.29) is 18.7 Å². The number of carbonyl (C=O) groups excluding carboxylic acids is 2. The van der Waals surface area contributed by atoms with Crippen LogP contribution in [0.1, 0.15) is 21.8 Å². The van der Waals surface area contributed by atoms with Crippen LogP contribution >= 0.6 is 11.3 Å². The second-order valence-electron chi connectivity index (χ2n) is 4.72. The van der Waals surface area contributed by atoms with Crippen molar-refractivity contribution >= 4 is 23.2 Å². The average molecular weight is 303 g/mol. The van der Waals surface area contributed by atoms with Gasteiger partial charge in [-0.2, -0.15) is 0 Å². The first-order valence-corrected chi connectivity index (χ1v) is 7.36. The van der Waals surface area contributed by atoms with E-state index in [9.17, 15) is 14.7 Å². The summed E-state index contributed by atoms with van der Waals surface area (Å²) in [6.45, 7) is 2.48. The minimum absolute atomic E-state index is 0.134. The quantitative estimate of drug-likeness (QED) is 0.847. The Morgan fingerprint density at radius 2 is 1.95 bits per heavy atom. The number of thiazole rings is 1. The Bertz CT molecular complexity index is 635. The van der Waals surface area contributed by atoms with Crippen LogP contribution in [0.25, 0.3) is 0 Å². The van der Waals surface area contributed by atoms with Crippen LogP contribution in [-0.2, 0) is 29.0 Å². The Labute approximate surface area is 126 Å². The Hall–Kier alpha value is -2.21. The number of hydrogen-bond donors (Lipinski definition) is 1. The highest BCUT2D eigenvalue weighted by Gasteiger charge is 2.08. The first-order valence-electron chi connectivity index (χ1n) is 6.48. The molecule has 0 saturated carbocycles. The molecule has 0 aliphatic rings. The van der Waals surface area contributed by atoms with Gasteiger partial charge in [-0.25, -0.2) is 4.98 Å². The molecule has 0 atom stereocenters. The number of rotatable bonds is 6. The van der Waals surface area contributed by atoms with E-state index in [1.807, 2.05) is 31.2 Å². The van der Waals surface area contributed by atoms with Crippen molar-refractivity contribution in [2.24, 2.45) is 0 Å². The maximum atomic E-state index is 11.8. The molecule has 1 aromatic heterocycles. The second kappa shape index (κ2) is 6.99. The van der Waals surface area contributed by atoms with Crippen molar-refractivity contribution in [3.8, 4) is 0 Å². The topological polar surface area (TPSA) is 82.1 Å². The number of nitrogens with zero attached hydrogens (tertiary/aromatic N) is 1. The number of carbonyl (C=O) groups is 2. The Morgan fingerprint density at radius 3 is 2.62 bits per heavy atom. The summed E-state index contributed by atoms with van der Waals surface area (Å²) in [5.41, 5.74) is 2.64. The third kappa shape index (κ3) is 5.00. The van der Waals surface area contributed by atoms with Gasteiger partial charge in [0.2, 0.25) is 5.91 Å². The molecule has 1 N–H and O–H groups in total. The van der Waals surface area contributed by atoms with Gasteiger partial charge in [0, 0.05) is 24.3 Å². The summed E-state index contributed by atoms with van der Waals surface area (Å²) in [5, 5.41) is 15.5. The van der Waals surface area contributed by atoms with Gasteiger partial charge in [-0.15, -0.1) is 11.3 Å². The first-order chi connectivity index (χ1) is 10.0. The molecule has 2 rings (SSSR count). The SMILES string of the molecule is Cc1ccc(CNC(=O)Cc2nc(CC(=O)[O-])cs2)cc1. The van der Waals surface area contributed by atoms with Gasteiger partial charge >= 0.3 is 0 Å². The van der Waals surface area contributed by atoms with Crippen LogP contribution in [-0.4, -0.2) is 16.9 Å². The van der Waals surface area contributed by atoms with Gasteiger partial charge in [0.1, 0.15) is 5.01 Å². The highest BCUT2D eigenvalue weighted by atomic mass is 32.1.